The van der Waals surface area contributed by atoms with E-state index in [0.29, 0.717) is 5.69 Å². The minimum absolute atomic E-state index is 0.147. The summed E-state index contributed by atoms with van der Waals surface area (Å²) in [5, 5.41) is 0. The summed E-state index contributed by atoms with van der Waals surface area (Å²) in [4.78, 5) is 8.55. The molecule has 8 heteroatoms. The van der Waals surface area contributed by atoms with Crippen LogP contribution in [0.2, 0.25) is 0 Å². The van der Waals surface area contributed by atoms with Gasteiger partial charge in [-0.2, -0.15) is 8.42 Å². The predicted octanol–water partition coefficient (Wildman–Crippen LogP) is 0.852. The van der Waals surface area contributed by atoms with Gasteiger partial charge in [-0.05, 0) is 6.92 Å². The molecule has 2 aromatic rings. The molecule has 3 rings (SSSR count). The van der Waals surface area contributed by atoms with Gasteiger partial charge in [0.05, 0.1) is 11.9 Å². The maximum absolute atomic E-state index is 11.8. The van der Waals surface area contributed by atoms with Gasteiger partial charge in [0.2, 0.25) is 0 Å². The quantitative estimate of drug-likeness (QED) is 0.841. The molecule has 0 radical (unpaired) electrons. The Morgan fingerprint density at radius 2 is 1.86 bits per heavy atom. The highest BCUT2D eigenvalue weighted by Crippen LogP contribution is 2.26. The molecule has 1 aromatic carbocycles. The molecule has 1 aromatic heterocycles. The second-order valence-electron chi connectivity index (χ2n) is 4.72. The summed E-state index contributed by atoms with van der Waals surface area (Å²) in [7, 11) is -2.46. The number of amidine groups is 1. The summed E-state index contributed by atoms with van der Waals surface area (Å²) >= 11 is 0. The Kier molecular flexibility index (Phi) is 2.91. The first-order chi connectivity index (χ1) is 9.88. The molecule has 0 atom stereocenters. The summed E-state index contributed by atoms with van der Waals surface area (Å²) in [5.41, 5.74) is 8.45. The van der Waals surface area contributed by atoms with E-state index >= 15 is 0 Å². The maximum atomic E-state index is 11.8. The van der Waals surface area contributed by atoms with Crippen LogP contribution in [0, 0.1) is 6.92 Å². The van der Waals surface area contributed by atoms with Crippen LogP contribution in [-0.4, -0.2) is 31.3 Å². The third kappa shape index (κ3) is 2.23. The van der Waals surface area contributed by atoms with Crippen molar-refractivity contribution in [3.8, 4) is 11.3 Å². The lowest BCUT2D eigenvalue weighted by atomic mass is 10.1. The number of hydrogen-bond donors (Lipinski definition) is 1. The normalized spacial score (nSPS) is 16.3. The molecule has 7 nitrogen and oxygen atoms in total. The maximum Gasteiger partial charge on any atom is 0.347 e. The number of nitrogens with zero attached hydrogens (tertiary/aromatic N) is 4. The molecule has 0 unspecified atom stereocenters. The smallest absolute Gasteiger partial charge is 0.347 e. The van der Waals surface area contributed by atoms with E-state index in [1.54, 1.807) is 6.20 Å². The van der Waals surface area contributed by atoms with Crippen LogP contribution in [0.3, 0.4) is 0 Å². The lowest BCUT2D eigenvalue weighted by Crippen LogP contribution is -2.35. The van der Waals surface area contributed by atoms with Gasteiger partial charge < -0.3 is 5.73 Å². The first-order valence-electron chi connectivity index (χ1n) is 6.17. The number of aromatic nitrogens is 2. The minimum atomic E-state index is -3.84. The molecule has 2 heterocycles. The predicted molar refractivity (Wildman–Crippen MR) is 80.3 cm³/mol. The molecule has 108 valence electrons. The molecular formula is C13H13N5O2S. The van der Waals surface area contributed by atoms with Crippen LogP contribution < -0.4 is 10.0 Å². The number of anilines is 1. The van der Waals surface area contributed by atoms with E-state index in [-0.39, 0.29) is 17.3 Å². The van der Waals surface area contributed by atoms with Crippen LogP contribution in [0.1, 0.15) is 11.3 Å². The zero-order valence-electron chi connectivity index (χ0n) is 11.5. The number of rotatable bonds is 1. The lowest BCUT2D eigenvalue weighted by molar-refractivity contribution is 0.595. The van der Waals surface area contributed by atoms with Crippen LogP contribution in [0.15, 0.2) is 34.9 Å². The van der Waals surface area contributed by atoms with Crippen LogP contribution in [-0.2, 0) is 10.2 Å². The van der Waals surface area contributed by atoms with Gasteiger partial charge in [0, 0.05) is 12.6 Å². The van der Waals surface area contributed by atoms with Crippen LogP contribution in [0.25, 0.3) is 11.3 Å². The Balaban J connectivity index is 2.16. The summed E-state index contributed by atoms with van der Waals surface area (Å²) < 4.78 is 28.1. The number of benzene rings is 1. The Bertz CT molecular complexity index is 843. The highest BCUT2D eigenvalue weighted by atomic mass is 32.2. The Hall–Kier alpha value is -2.48. The van der Waals surface area contributed by atoms with Crippen LogP contribution in [0.5, 0.6) is 0 Å². The number of hydrogen-bond acceptors (Lipinski definition) is 5. The zero-order valence-corrected chi connectivity index (χ0v) is 12.3. The van der Waals surface area contributed by atoms with E-state index in [0.717, 1.165) is 15.4 Å². The molecule has 1 aliphatic heterocycles. The molecule has 0 fully saturated rings. The SMILES string of the molecule is Cc1ccc(-c2cnc3c(n2)N(C)S(=O)(=O)N=C3N)cc1. The van der Waals surface area contributed by atoms with E-state index < -0.39 is 10.2 Å². The molecule has 0 amide bonds. The van der Waals surface area contributed by atoms with Crippen LogP contribution >= 0.6 is 0 Å². The molecule has 1 aliphatic rings. The second-order valence-corrected chi connectivity index (χ2v) is 6.34. The summed E-state index contributed by atoms with van der Waals surface area (Å²) in [6.07, 6.45) is 1.55. The zero-order chi connectivity index (χ0) is 15.2. The van der Waals surface area contributed by atoms with Crippen molar-refractivity contribution < 1.29 is 8.42 Å². The molecule has 21 heavy (non-hydrogen) atoms. The van der Waals surface area contributed by atoms with E-state index in [1.165, 1.54) is 7.05 Å². The molecule has 0 saturated heterocycles. The van der Waals surface area contributed by atoms with Crippen molar-refractivity contribution in [2.75, 3.05) is 11.4 Å². The molecule has 0 bridgehead atoms. The third-order valence-corrected chi connectivity index (χ3v) is 4.49. The van der Waals surface area contributed by atoms with Gasteiger partial charge in [0.25, 0.3) is 0 Å². The first-order valence-corrected chi connectivity index (χ1v) is 7.57. The number of nitrogens with two attached hydrogens (primary N) is 1. The standard InChI is InChI=1S/C13H13N5O2S/c1-8-3-5-9(6-4-8)10-7-15-11-12(14)17-21(19,20)18(2)13(11)16-10/h3-7H,1-2H3,(H2,14,17). The van der Waals surface area contributed by atoms with Crippen molar-refractivity contribution in [2.45, 2.75) is 6.92 Å². The van der Waals surface area contributed by atoms with Gasteiger partial charge in [0.1, 0.15) is 5.69 Å². The fraction of sp³-hybridized carbons (Fsp3) is 0.154. The fourth-order valence-corrected chi connectivity index (χ4v) is 2.78. The molecule has 0 spiro atoms. The van der Waals surface area contributed by atoms with Gasteiger partial charge in [-0.1, -0.05) is 29.8 Å². The Labute approximate surface area is 122 Å². The molecule has 2 N–H and O–H groups in total. The molecule has 0 aliphatic carbocycles. The van der Waals surface area contributed by atoms with Gasteiger partial charge in [-0.3, -0.25) is 0 Å². The Morgan fingerprint density at radius 3 is 2.52 bits per heavy atom. The lowest BCUT2D eigenvalue weighted by Gasteiger charge is -2.22. The number of fused-ring (bicyclic) bond motifs is 1. The Morgan fingerprint density at radius 1 is 1.19 bits per heavy atom. The van der Waals surface area contributed by atoms with Gasteiger partial charge >= 0.3 is 10.2 Å². The largest absolute Gasteiger partial charge is 0.381 e. The van der Waals surface area contributed by atoms with E-state index in [4.69, 9.17) is 5.73 Å². The molecular weight excluding hydrogens is 290 g/mol. The van der Waals surface area contributed by atoms with Crippen molar-refractivity contribution in [2.24, 2.45) is 10.1 Å². The summed E-state index contributed by atoms with van der Waals surface area (Å²) in [5.74, 6) is 0.0339. The van der Waals surface area contributed by atoms with Gasteiger partial charge in [0.15, 0.2) is 11.7 Å². The topological polar surface area (TPSA) is 102 Å². The van der Waals surface area contributed by atoms with E-state index in [2.05, 4.69) is 14.4 Å². The van der Waals surface area contributed by atoms with Crippen molar-refractivity contribution in [1.82, 2.24) is 9.97 Å². The van der Waals surface area contributed by atoms with Crippen LogP contribution in [0.4, 0.5) is 5.82 Å². The summed E-state index contributed by atoms with van der Waals surface area (Å²) in [6, 6.07) is 7.71. The van der Waals surface area contributed by atoms with Crippen molar-refractivity contribution in [3.05, 3.63) is 41.7 Å². The number of aryl methyl sites for hydroxylation is 1. The average molecular weight is 303 g/mol. The van der Waals surface area contributed by atoms with Crippen molar-refractivity contribution >= 4 is 21.9 Å². The minimum Gasteiger partial charge on any atom is -0.381 e. The van der Waals surface area contributed by atoms with Crippen molar-refractivity contribution in [1.29, 1.82) is 0 Å². The van der Waals surface area contributed by atoms with Gasteiger partial charge in [-0.25, -0.2) is 14.3 Å². The monoisotopic (exact) mass is 303 g/mol. The highest BCUT2D eigenvalue weighted by molar-refractivity contribution is 7.91. The van der Waals surface area contributed by atoms with E-state index in [1.807, 2.05) is 31.2 Å². The summed E-state index contributed by atoms with van der Waals surface area (Å²) in [6.45, 7) is 1.99. The molecule has 0 saturated carbocycles. The average Bonchev–Trinajstić information content (AvgIpc) is 2.45. The van der Waals surface area contributed by atoms with E-state index in [9.17, 15) is 8.42 Å². The first kappa shape index (κ1) is 13.5. The van der Waals surface area contributed by atoms with Crippen molar-refractivity contribution in [3.63, 3.8) is 0 Å². The third-order valence-electron chi connectivity index (χ3n) is 3.20. The second kappa shape index (κ2) is 4.52. The highest BCUT2D eigenvalue weighted by Gasteiger charge is 2.30. The fourth-order valence-electron chi connectivity index (χ4n) is 1.98. The van der Waals surface area contributed by atoms with Gasteiger partial charge in [-0.15, -0.1) is 4.40 Å².